The van der Waals surface area contributed by atoms with Gasteiger partial charge in [0.2, 0.25) is 5.75 Å². The Morgan fingerprint density at radius 1 is 1.16 bits per heavy atom. The molecule has 1 radical (unpaired) electrons. The summed E-state index contributed by atoms with van der Waals surface area (Å²) < 4.78 is 16.4. The van der Waals surface area contributed by atoms with E-state index in [0.29, 0.717) is 17.4 Å². The van der Waals surface area contributed by atoms with Crippen LogP contribution >= 0.6 is 0 Å². The molecular formula is C18H20NO5Si. The standard InChI is InChI=1S/C18H20NO5Si/c1-4-12-25(15-8-6-5-7-9-15)24-13-14-10-11-16(22-2)18(23-3)17(14)19(20)21/h4-11H,1,12-13H2,2-3H3. The smallest absolute Gasteiger partial charge is 0.320 e. The van der Waals surface area contributed by atoms with Crippen molar-refractivity contribution < 1.29 is 18.8 Å². The molecule has 0 unspecified atom stereocenters. The van der Waals surface area contributed by atoms with Gasteiger partial charge in [0.05, 0.1) is 31.3 Å². The van der Waals surface area contributed by atoms with Gasteiger partial charge in [-0.1, -0.05) is 36.4 Å². The van der Waals surface area contributed by atoms with E-state index in [-0.39, 0.29) is 18.0 Å². The maximum absolute atomic E-state index is 11.5. The molecule has 0 spiro atoms. The van der Waals surface area contributed by atoms with E-state index in [2.05, 4.69) is 6.58 Å². The van der Waals surface area contributed by atoms with Crippen LogP contribution in [-0.4, -0.2) is 28.2 Å². The van der Waals surface area contributed by atoms with Crippen LogP contribution < -0.4 is 14.7 Å². The number of ether oxygens (including phenoxy) is 2. The monoisotopic (exact) mass is 358 g/mol. The Kier molecular flexibility index (Phi) is 6.73. The van der Waals surface area contributed by atoms with Crippen LogP contribution in [0.1, 0.15) is 5.56 Å². The summed E-state index contributed by atoms with van der Waals surface area (Å²) in [4.78, 5) is 11.0. The lowest BCUT2D eigenvalue weighted by molar-refractivity contribution is -0.386. The van der Waals surface area contributed by atoms with Crippen molar-refractivity contribution in [3.8, 4) is 11.5 Å². The molecule has 25 heavy (non-hydrogen) atoms. The van der Waals surface area contributed by atoms with Crippen molar-refractivity contribution in [2.75, 3.05) is 14.2 Å². The molecule has 2 rings (SSSR count). The maximum atomic E-state index is 11.5. The molecule has 6 nitrogen and oxygen atoms in total. The van der Waals surface area contributed by atoms with Crippen molar-refractivity contribution in [2.45, 2.75) is 12.7 Å². The van der Waals surface area contributed by atoms with Gasteiger partial charge >= 0.3 is 5.69 Å². The Morgan fingerprint density at radius 3 is 2.44 bits per heavy atom. The first-order valence-electron chi connectivity index (χ1n) is 7.65. The van der Waals surface area contributed by atoms with Crippen molar-refractivity contribution in [1.82, 2.24) is 0 Å². The van der Waals surface area contributed by atoms with Gasteiger partial charge in [-0.05, 0) is 23.4 Å². The number of nitro groups is 1. The number of hydrogen-bond acceptors (Lipinski definition) is 5. The van der Waals surface area contributed by atoms with Crippen LogP contribution in [0.4, 0.5) is 5.69 Å². The molecule has 2 aromatic carbocycles. The molecular weight excluding hydrogens is 338 g/mol. The minimum atomic E-state index is -1.36. The van der Waals surface area contributed by atoms with Crippen LogP contribution in [0.5, 0.6) is 11.5 Å². The van der Waals surface area contributed by atoms with E-state index in [1.165, 1.54) is 14.2 Å². The van der Waals surface area contributed by atoms with Crippen LogP contribution in [0.3, 0.4) is 0 Å². The quantitative estimate of drug-likeness (QED) is 0.298. The molecule has 0 fully saturated rings. The summed E-state index contributed by atoms with van der Waals surface area (Å²) in [6.07, 6.45) is 1.81. The van der Waals surface area contributed by atoms with E-state index in [4.69, 9.17) is 13.9 Å². The van der Waals surface area contributed by atoms with Gasteiger partial charge in [-0.2, -0.15) is 0 Å². The van der Waals surface area contributed by atoms with Crippen molar-refractivity contribution >= 4 is 19.9 Å². The van der Waals surface area contributed by atoms with Gasteiger partial charge in [0, 0.05) is 0 Å². The largest absolute Gasteiger partial charge is 0.493 e. The molecule has 0 bridgehead atoms. The molecule has 0 aliphatic rings. The molecule has 0 aromatic heterocycles. The van der Waals surface area contributed by atoms with Crippen molar-refractivity contribution in [2.24, 2.45) is 0 Å². The van der Waals surface area contributed by atoms with Gasteiger partial charge in [0.1, 0.15) is 0 Å². The maximum Gasteiger partial charge on any atom is 0.320 e. The van der Waals surface area contributed by atoms with E-state index < -0.39 is 14.0 Å². The Labute approximate surface area is 148 Å². The van der Waals surface area contributed by atoms with Gasteiger partial charge in [0.15, 0.2) is 5.75 Å². The summed E-state index contributed by atoms with van der Waals surface area (Å²) in [6, 6.07) is 13.8. The topological polar surface area (TPSA) is 70.8 Å². The molecule has 0 aliphatic carbocycles. The van der Waals surface area contributed by atoms with Gasteiger partial charge in [-0.15, -0.1) is 6.58 Å². The summed E-state index contributed by atoms with van der Waals surface area (Å²) in [6.45, 7) is 3.90. The fourth-order valence-electron chi connectivity index (χ4n) is 2.45. The molecule has 0 atom stereocenters. The molecule has 0 saturated carbocycles. The van der Waals surface area contributed by atoms with Crippen molar-refractivity contribution in [1.29, 1.82) is 0 Å². The molecule has 0 amide bonds. The van der Waals surface area contributed by atoms with Crippen LogP contribution in [0.15, 0.2) is 55.1 Å². The first-order chi connectivity index (χ1) is 12.1. The summed E-state index contributed by atoms with van der Waals surface area (Å²) in [5, 5.41) is 12.6. The summed E-state index contributed by atoms with van der Waals surface area (Å²) in [5.74, 6) is 0.420. The lowest BCUT2D eigenvalue weighted by atomic mass is 10.1. The Morgan fingerprint density at radius 2 is 1.88 bits per heavy atom. The van der Waals surface area contributed by atoms with Gasteiger partial charge in [0.25, 0.3) is 9.04 Å². The van der Waals surface area contributed by atoms with Crippen LogP contribution in [-0.2, 0) is 11.0 Å². The number of methoxy groups -OCH3 is 2. The average Bonchev–Trinajstić information content (AvgIpc) is 2.64. The Balaban J connectivity index is 2.29. The van der Waals surface area contributed by atoms with Gasteiger partial charge < -0.3 is 13.9 Å². The fourth-order valence-corrected chi connectivity index (χ4v) is 4.12. The fraction of sp³-hybridized carbons (Fsp3) is 0.222. The average molecular weight is 358 g/mol. The zero-order valence-electron chi connectivity index (χ0n) is 14.2. The Bertz CT molecular complexity index is 736. The number of hydrogen-bond donors (Lipinski definition) is 0. The molecule has 0 N–H and O–H groups in total. The highest BCUT2D eigenvalue weighted by atomic mass is 28.3. The van der Waals surface area contributed by atoms with Gasteiger partial charge in [-0.25, -0.2) is 0 Å². The third-order valence-corrected chi connectivity index (χ3v) is 5.74. The highest BCUT2D eigenvalue weighted by Gasteiger charge is 2.26. The molecule has 0 saturated heterocycles. The minimum absolute atomic E-state index is 0.103. The minimum Gasteiger partial charge on any atom is -0.493 e. The molecule has 131 valence electrons. The van der Waals surface area contributed by atoms with E-state index in [9.17, 15) is 10.1 Å². The SMILES string of the molecule is C=CC[Si](OCc1ccc(OC)c(OC)c1[N+](=O)[O-])c1ccccc1. The second-order valence-electron chi connectivity index (χ2n) is 5.14. The zero-order chi connectivity index (χ0) is 18.2. The second-order valence-corrected chi connectivity index (χ2v) is 7.26. The summed E-state index contributed by atoms with van der Waals surface area (Å²) in [7, 11) is 1.46. The zero-order valence-corrected chi connectivity index (χ0v) is 15.2. The molecule has 0 heterocycles. The number of rotatable bonds is 9. The predicted molar refractivity (Wildman–Crippen MR) is 97.8 cm³/mol. The van der Waals surface area contributed by atoms with Crippen LogP contribution in [0, 0.1) is 10.1 Å². The van der Waals surface area contributed by atoms with Crippen molar-refractivity contribution in [3.05, 3.63) is 70.8 Å². The number of allylic oxidation sites excluding steroid dienone is 1. The predicted octanol–water partition coefficient (Wildman–Crippen LogP) is 3.21. The third-order valence-electron chi connectivity index (χ3n) is 3.61. The van der Waals surface area contributed by atoms with Gasteiger partial charge in [-0.3, -0.25) is 10.1 Å². The molecule has 0 aliphatic heterocycles. The number of nitro benzene ring substituents is 1. The van der Waals surface area contributed by atoms with E-state index in [1.54, 1.807) is 12.1 Å². The van der Waals surface area contributed by atoms with E-state index in [0.717, 1.165) is 5.19 Å². The van der Waals surface area contributed by atoms with Crippen LogP contribution in [0.2, 0.25) is 6.04 Å². The third kappa shape index (κ3) is 4.46. The van der Waals surface area contributed by atoms with E-state index >= 15 is 0 Å². The summed E-state index contributed by atoms with van der Waals surface area (Å²) >= 11 is 0. The first-order valence-corrected chi connectivity index (χ1v) is 9.27. The number of benzene rings is 2. The second kappa shape index (κ2) is 9.00. The molecule has 7 heteroatoms. The highest BCUT2D eigenvalue weighted by Crippen LogP contribution is 2.39. The normalized spacial score (nSPS) is 10.5. The highest BCUT2D eigenvalue weighted by molar-refractivity contribution is 6.67. The first kappa shape index (κ1) is 18.7. The summed E-state index contributed by atoms with van der Waals surface area (Å²) in [5.41, 5.74) is 0.319. The van der Waals surface area contributed by atoms with Crippen LogP contribution in [0.25, 0.3) is 0 Å². The number of nitrogens with zero attached hydrogens (tertiary/aromatic N) is 1. The lowest BCUT2D eigenvalue weighted by Crippen LogP contribution is -2.32. The molecule has 2 aromatic rings. The Hall–Kier alpha value is -2.64. The van der Waals surface area contributed by atoms with Crippen molar-refractivity contribution in [3.63, 3.8) is 0 Å². The van der Waals surface area contributed by atoms with E-state index in [1.807, 2.05) is 36.4 Å². The lowest BCUT2D eigenvalue weighted by Gasteiger charge is -2.16.